The highest BCUT2D eigenvalue weighted by Crippen LogP contribution is 2.32. The van der Waals surface area contributed by atoms with E-state index in [9.17, 15) is 18.0 Å². The number of hydrogen-bond donors (Lipinski definition) is 1. The van der Waals surface area contributed by atoms with E-state index in [-0.39, 0.29) is 5.91 Å². The van der Waals surface area contributed by atoms with E-state index in [0.717, 1.165) is 12.1 Å². The monoisotopic (exact) mass is 342 g/mol. The second kappa shape index (κ2) is 6.76. The minimum Gasteiger partial charge on any atom is -0.307 e. The van der Waals surface area contributed by atoms with E-state index in [1.807, 2.05) is 0 Å². The van der Waals surface area contributed by atoms with Gasteiger partial charge in [-0.3, -0.25) is 4.79 Å². The molecule has 0 aliphatic carbocycles. The normalized spacial score (nSPS) is 11.2. The van der Waals surface area contributed by atoms with Crippen LogP contribution in [0.4, 0.5) is 19.0 Å². The van der Waals surface area contributed by atoms with Crippen molar-refractivity contribution in [2.24, 2.45) is 0 Å². The largest absolute Gasteiger partial charge is 0.416 e. The van der Waals surface area contributed by atoms with Crippen LogP contribution in [0.3, 0.4) is 0 Å². The van der Waals surface area contributed by atoms with Crippen molar-refractivity contribution in [3.8, 4) is 11.1 Å². The summed E-state index contributed by atoms with van der Waals surface area (Å²) in [6, 6.07) is 16.6. The second-order valence-electron chi connectivity index (χ2n) is 5.29. The number of carbonyl (C=O) groups is 1. The van der Waals surface area contributed by atoms with Crippen LogP contribution >= 0.6 is 0 Å². The molecule has 3 nitrogen and oxygen atoms in total. The van der Waals surface area contributed by atoms with E-state index in [4.69, 9.17) is 0 Å². The van der Waals surface area contributed by atoms with E-state index < -0.39 is 11.7 Å². The maximum absolute atomic E-state index is 12.7. The van der Waals surface area contributed by atoms with Crippen LogP contribution in [0.5, 0.6) is 0 Å². The maximum Gasteiger partial charge on any atom is 0.416 e. The van der Waals surface area contributed by atoms with Gasteiger partial charge in [0.2, 0.25) is 0 Å². The molecule has 0 saturated carbocycles. The number of anilines is 1. The number of pyridine rings is 1. The molecule has 0 radical (unpaired) electrons. The van der Waals surface area contributed by atoms with Crippen molar-refractivity contribution in [3.05, 3.63) is 84.1 Å². The lowest BCUT2D eigenvalue weighted by Gasteiger charge is -2.11. The minimum absolute atomic E-state index is 0.355. The first kappa shape index (κ1) is 16.7. The summed E-state index contributed by atoms with van der Waals surface area (Å²) in [7, 11) is 0. The fourth-order valence-electron chi connectivity index (χ4n) is 2.39. The minimum atomic E-state index is -4.39. The van der Waals surface area contributed by atoms with Gasteiger partial charge < -0.3 is 5.32 Å². The molecule has 0 spiro atoms. The lowest BCUT2D eigenvalue weighted by molar-refractivity contribution is -0.137. The van der Waals surface area contributed by atoms with Crippen LogP contribution in [-0.4, -0.2) is 10.9 Å². The molecule has 2 aromatic carbocycles. The summed E-state index contributed by atoms with van der Waals surface area (Å²) in [5, 5.41) is 2.67. The summed E-state index contributed by atoms with van der Waals surface area (Å²) >= 11 is 0. The molecule has 0 fully saturated rings. The number of benzene rings is 2. The maximum atomic E-state index is 12.7. The summed E-state index contributed by atoms with van der Waals surface area (Å²) in [6.07, 6.45) is -2.84. The smallest absolute Gasteiger partial charge is 0.307 e. The number of carbonyl (C=O) groups excluding carboxylic acids is 1. The molecule has 6 heteroatoms. The molecule has 0 aliphatic heterocycles. The summed E-state index contributed by atoms with van der Waals surface area (Å²) in [6.45, 7) is 0. The molecule has 1 N–H and O–H groups in total. The Bertz CT molecular complexity index is 875. The highest BCUT2D eigenvalue weighted by molar-refractivity contribution is 6.08. The van der Waals surface area contributed by atoms with Crippen LogP contribution in [-0.2, 0) is 6.18 Å². The first-order valence-corrected chi connectivity index (χ1v) is 7.44. The van der Waals surface area contributed by atoms with E-state index in [2.05, 4.69) is 10.3 Å². The molecule has 3 aromatic rings. The molecule has 1 amide bonds. The predicted octanol–water partition coefficient (Wildman–Crippen LogP) is 5.02. The molecule has 1 heterocycles. The number of amides is 1. The number of hydrogen-bond acceptors (Lipinski definition) is 2. The summed E-state index contributed by atoms with van der Waals surface area (Å²) in [5.74, 6) is 0.0175. The van der Waals surface area contributed by atoms with Crippen LogP contribution < -0.4 is 5.32 Å². The number of nitrogens with one attached hydrogen (secondary N) is 1. The van der Waals surface area contributed by atoms with Gasteiger partial charge in [0, 0.05) is 11.8 Å². The van der Waals surface area contributed by atoms with Gasteiger partial charge in [-0.05, 0) is 41.5 Å². The molecule has 3 rings (SSSR count). The number of halogens is 3. The molecule has 0 atom stereocenters. The molecule has 0 unspecified atom stereocenters. The summed E-state index contributed by atoms with van der Waals surface area (Å²) in [4.78, 5) is 16.5. The van der Waals surface area contributed by atoms with Gasteiger partial charge in [-0.1, -0.05) is 36.4 Å². The van der Waals surface area contributed by atoms with E-state index in [1.165, 1.54) is 12.1 Å². The van der Waals surface area contributed by atoms with Crippen molar-refractivity contribution in [2.75, 3.05) is 5.32 Å². The third-order valence-corrected chi connectivity index (χ3v) is 3.60. The summed E-state index contributed by atoms with van der Waals surface area (Å²) < 4.78 is 38.1. The van der Waals surface area contributed by atoms with Crippen LogP contribution in [0.15, 0.2) is 72.9 Å². The standard InChI is InChI=1S/C19H13F3N2O/c20-19(21,22)14-10-8-13(9-11-14)15-5-1-2-6-16(15)18(25)24-17-7-3-4-12-23-17/h1-12H,(H,23,24,25). The molecular weight excluding hydrogens is 329 g/mol. The van der Waals surface area contributed by atoms with Crippen LogP contribution in [0.25, 0.3) is 11.1 Å². The number of alkyl halides is 3. The fourth-order valence-corrected chi connectivity index (χ4v) is 2.39. The van der Waals surface area contributed by atoms with Gasteiger partial charge in [0.1, 0.15) is 5.82 Å². The summed E-state index contributed by atoms with van der Waals surface area (Å²) in [5.41, 5.74) is 0.698. The Hall–Kier alpha value is -3.15. The van der Waals surface area contributed by atoms with Gasteiger partial charge in [-0.15, -0.1) is 0 Å². The molecule has 126 valence electrons. The van der Waals surface area contributed by atoms with Crippen molar-refractivity contribution in [1.82, 2.24) is 4.98 Å². The highest BCUT2D eigenvalue weighted by Gasteiger charge is 2.30. The Morgan fingerprint density at radius 2 is 1.56 bits per heavy atom. The third-order valence-electron chi connectivity index (χ3n) is 3.60. The van der Waals surface area contributed by atoms with Gasteiger partial charge in [0.05, 0.1) is 5.56 Å². The zero-order valence-electron chi connectivity index (χ0n) is 12.9. The van der Waals surface area contributed by atoms with Gasteiger partial charge in [-0.2, -0.15) is 13.2 Å². The van der Waals surface area contributed by atoms with E-state index in [0.29, 0.717) is 22.5 Å². The van der Waals surface area contributed by atoms with Crippen molar-refractivity contribution in [3.63, 3.8) is 0 Å². The Labute approximate surface area is 142 Å². The molecule has 0 saturated heterocycles. The topological polar surface area (TPSA) is 42.0 Å². The van der Waals surface area contributed by atoms with Crippen LogP contribution in [0, 0.1) is 0 Å². The Morgan fingerprint density at radius 1 is 0.880 bits per heavy atom. The van der Waals surface area contributed by atoms with Gasteiger partial charge in [0.15, 0.2) is 0 Å². The Balaban J connectivity index is 1.92. The molecule has 1 aromatic heterocycles. The Morgan fingerprint density at radius 3 is 2.20 bits per heavy atom. The predicted molar refractivity (Wildman–Crippen MR) is 89.1 cm³/mol. The van der Waals surface area contributed by atoms with Gasteiger partial charge in [0.25, 0.3) is 5.91 Å². The first-order valence-electron chi connectivity index (χ1n) is 7.44. The van der Waals surface area contributed by atoms with Gasteiger partial charge >= 0.3 is 6.18 Å². The zero-order valence-corrected chi connectivity index (χ0v) is 12.9. The average Bonchev–Trinajstić information content (AvgIpc) is 2.62. The van der Waals surface area contributed by atoms with Gasteiger partial charge in [-0.25, -0.2) is 4.98 Å². The molecular formula is C19H13F3N2O. The van der Waals surface area contributed by atoms with E-state index >= 15 is 0 Å². The van der Waals surface area contributed by atoms with Crippen LogP contribution in [0.1, 0.15) is 15.9 Å². The van der Waals surface area contributed by atoms with Crippen molar-refractivity contribution >= 4 is 11.7 Å². The van der Waals surface area contributed by atoms with E-state index in [1.54, 1.807) is 48.7 Å². The Kier molecular flexibility index (Phi) is 4.52. The average molecular weight is 342 g/mol. The number of aromatic nitrogens is 1. The third kappa shape index (κ3) is 3.85. The zero-order chi connectivity index (χ0) is 17.9. The SMILES string of the molecule is O=C(Nc1ccccn1)c1ccccc1-c1ccc(C(F)(F)F)cc1. The van der Waals surface area contributed by atoms with Crippen molar-refractivity contribution in [2.45, 2.75) is 6.18 Å². The molecule has 25 heavy (non-hydrogen) atoms. The number of nitrogens with zero attached hydrogens (tertiary/aromatic N) is 1. The number of rotatable bonds is 3. The quantitative estimate of drug-likeness (QED) is 0.726. The first-order chi connectivity index (χ1) is 11.9. The lowest BCUT2D eigenvalue weighted by Crippen LogP contribution is -2.14. The fraction of sp³-hybridized carbons (Fsp3) is 0.0526. The molecule has 0 bridgehead atoms. The van der Waals surface area contributed by atoms with Crippen molar-refractivity contribution in [1.29, 1.82) is 0 Å². The second-order valence-corrected chi connectivity index (χ2v) is 5.29. The van der Waals surface area contributed by atoms with Crippen LogP contribution in [0.2, 0.25) is 0 Å². The lowest BCUT2D eigenvalue weighted by atomic mass is 9.98. The highest BCUT2D eigenvalue weighted by atomic mass is 19.4. The molecule has 0 aliphatic rings. The van der Waals surface area contributed by atoms with Crippen molar-refractivity contribution < 1.29 is 18.0 Å².